The molecule has 0 aromatic heterocycles. The van der Waals surface area contributed by atoms with Crippen molar-refractivity contribution in [3.8, 4) is 11.5 Å². The molecular weight excluding hydrogens is 293 g/mol. The third-order valence-corrected chi connectivity index (χ3v) is 2.92. The van der Waals surface area contributed by atoms with Crippen molar-refractivity contribution in [2.75, 3.05) is 14.2 Å². The van der Waals surface area contributed by atoms with Gasteiger partial charge >= 0.3 is 0 Å². The third kappa shape index (κ3) is 4.92. The molecular formula is C16H19ClFNO2. The normalized spacial score (nSPS) is 9.86. The fourth-order valence-electron chi connectivity index (χ4n) is 1.89. The van der Waals surface area contributed by atoms with Crippen LogP contribution in [0.25, 0.3) is 0 Å². The maximum Gasteiger partial charge on any atom is 0.161 e. The van der Waals surface area contributed by atoms with Crippen molar-refractivity contribution in [1.82, 2.24) is 5.32 Å². The van der Waals surface area contributed by atoms with Crippen LogP contribution in [0.3, 0.4) is 0 Å². The Hall–Kier alpha value is -1.78. The van der Waals surface area contributed by atoms with Gasteiger partial charge in [0, 0.05) is 6.54 Å². The van der Waals surface area contributed by atoms with Crippen molar-refractivity contribution in [3.63, 3.8) is 0 Å². The summed E-state index contributed by atoms with van der Waals surface area (Å²) in [6, 6.07) is 12.1. The standard InChI is InChI=1S/C16H18FNO2.ClH/c1-18-10-13-5-8-15(16(9-13)19-2)20-11-12-3-6-14(17)7-4-12;/h3-9,18H,10-11H2,1-2H3;1H. The highest BCUT2D eigenvalue weighted by Crippen LogP contribution is 2.28. The summed E-state index contributed by atoms with van der Waals surface area (Å²) in [6.07, 6.45) is 0. The second kappa shape index (κ2) is 8.49. The van der Waals surface area contributed by atoms with E-state index in [9.17, 15) is 4.39 Å². The molecule has 0 aliphatic carbocycles. The van der Waals surface area contributed by atoms with Gasteiger partial charge in [-0.1, -0.05) is 18.2 Å². The van der Waals surface area contributed by atoms with E-state index in [0.29, 0.717) is 18.1 Å². The van der Waals surface area contributed by atoms with E-state index in [-0.39, 0.29) is 18.2 Å². The molecule has 0 amide bonds. The van der Waals surface area contributed by atoms with Crippen LogP contribution in [-0.4, -0.2) is 14.2 Å². The first-order valence-corrected chi connectivity index (χ1v) is 6.41. The predicted molar refractivity (Wildman–Crippen MR) is 83.7 cm³/mol. The van der Waals surface area contributed by atoms with Gasteiger partial charge in [0.15, 0.2) is 11.5 Å². The van der Waals surface area contributed by atoms with E-state index in [2.05, 4.69) is 5.32 Å². The zero-order valence-electron chi connectivity index (χ0n) is 12.1. The molecule has 5 heteroatoms. The number of benzene rings is 2. The van der Waals surface area contributed by atoms with Gasteiger partial charge in [-0.25, -0.2) is 4.39 Å². The molecule has 0 unspecified atom stereocenters. The summed E-state index contributed by atoms with van der Waals surface area (Å²) < 4.78 is 23.9. The fraction of sp³-hybridized carbons (Fsp3) is 0.250. The van der Waals surface area contributed by atoms with Gasteiger partial charge in [0.1, 0.15) is 12.4 Å². The smallest absolute Gasteiger partial charge is 0.161 e. The van der Waals surface area contributed by atoms with Crippen molar-refractivity contribution in [1.29, 1.82) is 0 Å². The van der Waals surface area contributed by atoms with Gasteiger partial charge in [0.05, 0.1) is 7.11 Å². The second-order valence-corrected chi connectivity index (χ2v) is 4.43. The van der Waals surface area contributed by atoms with Crippen LogP contribution < -0.4 is 14.8 Å². The first-order valence-electron chi connectivity index (χ1n) is 6.41. The Morgan fingerprint density at radius 3 is 2.29 bits per heavy atom. The number of rotatable bonds is 6. The minimum absolute atomic E-state index is 0. The van der Waals surface area contributed by atoms with Gasteiger partial charge < -0.3 is 14.8 Å². The SMILES string of the molecule is CNCc1ccc(OCc2ccc(F)cc2)c(OC)c1.Cl. The van der Waals surface area contributed by atoms with Crippen LogP contribution in [0.1, 0.15) is 11.1 Å². The number of halogens is 2. The Kier molecular flexibility index (Phi) is 6.99. The van der Waals surface area contributed by atoms with Crippen LogP contribution in [0.2, 0.25) is 0 Å². The summed E-state index contributed by atoms with van der Waals surface area (Å²) >= 11 is 0. The Morgan fingerprint density at radius 1 is 1.00 bits per heavy atom. The molecule has 0 fully saturated rings. The number of hydrogen-bond donors (Lipinski definition) is 1. The quantitative estimate of drug-likeness (QED) is 0.885. The second-order valence-electron chi connectivity index (χ2n) is 4.43. The molecule has 0 spiro atoms. The summed E-state index contributed by atoms with van der Waals surface area (Å²) in [6.45, 7) is 1.15. The van der Waals surface area contributed by atoms with Gasteiger partial charge in [-0.3, -0.25) is 0 Å². The highest BCUT2D eigenvalue weighted by Gasteiger charge is 2.06. The molecule has 1 N–H and O–H groups in total. The first kappa shape index (κ1) is 17.3. The molecule has 0 bridgehead atoms. The molecule has 0 saturated carbocycles. The Labute approximate surface area is 130 Å². The largest absolute Gasteiger partial charge is 0.493 e. The van der Waals surface area contributed by atoms with Crippen LogP contribution in [0.4, 0.5) is 4.39 Å². The average Bonchev–Trinajstić information content (AvgIpc) is 2.47. The molecule has 2 rings (SSSR count). The number of ether oxygens (including phenoxy) is 2. The zero-order valence-corrected chi connectivity index (χ0v) is 12.9. The summed E-state index contributed by atoms with van der Waals surface area (Å²) in [7, 11) is 3.51. The Morgan fingerprint density at radius 2 is 1.67 bits per heavy atom. The molecule has 2 aromatic rings. The van der Waals surface area contributed by atoms with Crippen LogP contribution in [0.5, 0.6) is 11.5 Å². The fourth-order valence-corrected chi connectivity index (χ4v) is 1.89. The Balaban J connectivity index is 0.00000220. The topological polar surface area (TPSA) is 30.5 Å². The van der Waals surface area contributed by atoms with E-state index in [1.807, 2.05) is 25.2 Å². The monoisotopic (exact) mass is 311 g/mol. The summed E-state index contributed by atoms with van der Waals surface area (Å²) in [4.78, 5) is 0. The van der Waals surface area contributed by atoms with E-state index in [4.69, 9.17) is 9.47 Å². The van der Waals surface area contributed by atoms with Crippen molar-refractivity contribution >= 4 is 12.4 Å². The predicted octanol–water partition coefficient (Wildman–Crippen LogP) is 3.55. The average molecular weight is 312 g/mol. The lowest BCUT2D eigenvalue weighted by atomic mass is 10.2. The minimum atomic E-state index is -0.247. The molecule has 21 heavy (non-hydrogen) atoms. The molecule has 2 aromatic carbocycles. The van der Waals surface area contributed by atoms with Gasteiger partial charge in [-0.2, -0.15) is 0 Å². The molecule has 0 saturated heterocycles. The summed E-state index contributed by atoms with van der Waals surface area (Å²) in [5.74, 6) is 1.12. The van der Waals surface area contributed by atoms with E-state index in [1.54, 1.807) is 19.2 Å². The van der Waals surface area contributed by atoms with Crippen LogP contribution in [0.15, 0.2) is 42.5 Å². The minimum Gasteiger partial charge on any atom is -0.493 e. The van der Waals surface area contributed by atoms with Crippen LogP contribution in [0, 0.1) is 5.82 Å². The summed E-state index contributed by atoms with van der Waals surface area (Å²) in [5, 5.41) is 3.09. The van der Waals surface area contributed by atoms with Crippen LogP contribution >= 0.6 is 12.4 Å². The maximum absolute atomic E-state index is 12.8. The van der Waals surface area contributed by atoms with E-state index >= 15 is 0 Å². The zero-order chi connectivity index (χ0) is 14.4. The van der Waals surface area contributed by atoms with Gasteiger partial charge in [-0.15, -0.1) is 12.4 Å². The highest BCUT2D eigenvalue weighted by atomic mass is 35.5. The first-order chi connectivity index (χ1) is 9.72. The molecule has 0 radical (unpaired) electrons. The molecule has 0 aliphatic heterocycles. The lowest BCUT2D eigenvalue weighted by Crippen LogP contribution is -2.05. The van der Waals surface area contributed by atoms with Crippen molar-refractivity contribution in [2.45, 2.75) is 13.2 Å². The number of hydrogen-bond acceptors (Lipinski definition) is 3. The van der Waals surface area contributed by atoms with Gasteiger partial charge in [-0.05, 0) is 42.4 Å². The lowest BCUT2D eigenvalue weighted by Gasteiger charge is -2.12. The van der Waals surface area contributed by atoms with Crippen molar-refractivity contribution < 1.29 is 13.9 Å². The van der Waals surface area contributed by atoms with Crippen molar-refractivity contribution in [3.05, 3.63) is 59.4 Å². The molecule has 114 valence electrons. The van der Waals surface area contributed by atoms with Crippen LogP contribution in [-0.2, 0) is 13.2 Å². The molecule has 0 aliphatic rings. The molecule has 0 heterocycles. The van der Waals surface area contributed by atoms with E-state index < -0.39 is 0 Å². The van der Waals surface area contributed by atoms with Crippen molar-refractivity contribution in [2.24, 2.45) is 0 Å². The van der Waals surface area contributed by atoms with Gasteiger partial charge in [0.25, 0.3) is 0 Å². The molecule has 3 nitrogen and oxygen atoms in total. The highest BCUT2D eigenvalue weighted by molar-refractivity contribution is 5.85. The maximum atomic E-state index is 12.8. The van der Waals surface area contributed by atoms with E-state index in [0.717, 1.165) is 17.7 Å². The lowest BCUT2D eigenvalue weighted by molar-refractivity contribution is 0.284. The number of methoxy groups -OCH3 is 1. The summed E-state index contributed by atoms with van der Waals surface area (Å²) in [5.41, 5.74) is 2.03. The molecule has 0 atom stereocenters. The Bertz CT molecular complexity index is 561. The number of nitrogens with one attached hydrogen (secondary N) is 1. The van der Waals surface area contributed by atoms with E-state index in [1.165, 1.54) is 12.1 Å². The van der Waals surface area contributed by atoms with Gasteiger partial charge in [0.2, 0.25) is 0 Å². The third-order valence-electron chi connectivity index (χ3n) is 2.92.